The summed E-state index contributed by atoms with van der Waals surface area (Å²) in [6.45, 7) is 0.843. The molecule has 0 saturated heterocycles. The predicted molar refractivity (Wildman–Crippen MR) is 139 cm³/mol. The molecule has 33 heavy (non-hydrogen) atoms. The Morgan fingerprint density at radius 3 is 2.45 bits per heavy atom. The molecule has 168 valence electrons. The average Bonchev–Trinajstić information content (AvgIpc) is 2.81. The number of rotatable bonds is 9. The maximum absolute atomic E-state index is 12.4. The summed E-state index contributed by atoms with van der Waals surface area (Å²) in [5, 5.41) is 12.7. The molecule has 0 saturated carbocycles. The fourth-order valence-corrected chi connectivity index (χ4v) is 4.34. The van der Waals surface area contributed by atoms with Crippen molar-refractivity contribution >= 4 is 55.4 Å². The van der Waals surface area contributed by atoms with Gasteiger partial charge in [0.1, 0.15) is 18.2 Å². The Kier molecular flexibility index (Phi) is 9.56. The number of hydrogen-bond donors (Lipinski definition) is 1. The third kappa shape index (κ3) is 7.75. The van der Waals surface area contributed by atoms with Crippen LogP contribution in [0.5, 0.6) is 5.75 Å². The van der Waals surface area contributed by atoms with Crippen molar-refractivity contribution in [2.24, 2.45) is 0 Å². The Hall–Kier alpha value is -2.59. The number of carbonyl (C=O) groups excluding carboxylic acids is 1. The van der Waals surface area contributed by atoms with Crippen LogP contribution in [0.3, 0.4) is 0 Å². The van der Waals surface area contributed by atoms with Gasteiger partial charge in [-0.2, -0.15) is 5.26 Å². The van der Waals surface area contributed by atoms with Gasteiger partial charge < -0.3 is 10.1 Å². The van der Waals surface area contributed by atoms with Gasteiger partial charge in [0.05, 0.1) is 9.50 Å². The molecule has 0 unspecified atom stereocenters. The average molecular weight is 589 g/mol. The lowest BCUT2D eigenvalue weighted by Crippen LogP contribution is -2.25. The molecular formula is C26H21Br2ClN2O2. The van der Waals surface area contributed by atoms with E-state index >= 15 is 0 Å². The Morgan fingerprint density at radius 1 is 1.06 bits per heavy atom. The molecule has 4 nitrogen and oxygen atoms in total. The molecule has 3 aromatic carbocycles. The number of benzene rings is 3. The van der Waals surface area contributed by atoms with Crippen LogP contribution < -0.4 is 10.1 Å². The van der Waals surface area contributed by atoms with Gasteiger partial charge in [-0.3, -0.25) is 4.79 Å². The number of halogens is 3. The van der Waals surface area contributed by atoms with Gasteiger partial charge >= 0.3 is 0 Å². The molecule has 1 amide bonds. The third-order valence-electron chi connectivity index (χ3n) is 4.76. The van der Waals surface area contributed by atoms with E-state index in [1.54, 1.807) is 12.1 Å². The fourth-order valence-electron chi connectivity index (χ4n) is 3.09. The minimum absolute atomic E-state index is 0.0150. The van der Waals surface area contributed by atoms with Gasteiger partial charge in [-0.15, -0.1) is 0 Å². The van der Waals surface area contributed by atoms with Crippen molar-refractivity contribution in [3.05, 3.63) is 103 Å². The number of nitriles is 1. The number of hydrogen-bond acceptors (Lipinski definition) is 3. The summed E-state index contributed by atoms with van der Waals surface area (Å²) >= 11 is 13.3. The first kappa shape index (κ1) is 25.0. The Labute approximate surface area is 215 Å². The van der Waals surface area contributed by atoms with Crippen LogP contribution in [0.1, 0.15) is 23.1 Å². The number of carbonyl (C=O) groups is 1. The summed E-state index contributed by atoms with van der Waals surface area (Å²) < 4.78 is 7.50. The fraction of sp³-hybridized carbons (Fsp3) is 0.154. The number of nitrogens with zero attached hydrogens (tertiary/aromatic N) is 1. The highest BCUT2D eigenvalue weighted by molar-refractivity contribution is 9.10. The van der Waals surface area contributed by atoms with Gasteiger partial charge in [0.15, 0.2) is 5.75 Å². The van der Waals surface area contributed by atoms with Gasteiger partial charge in [-0.05, 0) is 75.8 Å². The summed E-state index contributed by atoms with van der Waals surface area (Å²) in [4.78, 5) is 12.4. The van der Waals surface area contributed by atoms with E-state index in [0.29, 0.717) is 34.0 Å². The molecule has 1 N–H and O–H groups in total. The van der Waals surface area contributed by atoms with E-state index < -0.39 is 5.91 Å². The summed E-state index contributed by atoms with van der Waals surface area (Å²) in [6.07, 6.45) is 3.16. The summed E-state index contributed by atoms with van der Waals surface area (Å²) in [7, 11) is 0. The first-order valence-electron chi connectivity index (χ1n) is 10.3. The van der Waals surface area contributed by atoms with Gasteiger partial charge in [0.2, 0.25) is 0 Å². The number of amides is 1. The van der Waals surface area contributed by atoms with Crippen LogP contribution in [0.25, 0.3) is 6.08 Å². The molecule has 0 radical (unpaired) electrons. The number of aryl methyl sites for hydroxylation is 1. The van der Waals surface area contributed by atoms with Crippen LogP contribution in [-0.4, -0.2) is 12.5 Å². The second kappa shape index (κ2) is 12.6. The van der Waals surface area contributed by atoms with Crippen LogP contribution in [0.2, 0.25) is 5.02 Å². The zero-order valence-electron chi connectivity index (χ0n) is 17.7. The molecule has 3 rings (SSSR count). The summed E-state index contributed by atoms with van der Waals surface area (Å²) in [5.41, 5.74) is 2.85. The van der Waals surface area contributed by atoms with E-state index in [0.717, 1.165) is 22.9 Å². The molecule has 0 aliphatic rings. The summed E-state index contributed by atoms with van der Waals surface area (Å²) in [6, 6.07) is 23.3. The van der Waals surface area contributed by atoms with Gasteiger partial charge in [-0.1, -0.05) is 70.0 Å². The molecule has 7 heteroatoms. The van der Waals surface area contributed by atoms with Crippen LogP contribution in [0.15, 0.2) is 81.2 Å². The number of nitrogens with one attached hydrogen (secondary N) is 1. The Morgan fingerprint density at radius 2 is 1.79 bits per heavy atom. The Balaban J connectivity index is 1.60. The van der Waals surface area contributed by atoms with Crippen molar-refractivity contribution < 1.29 is 9.53 Å². The van der Waals surface area contributed by atoms with Crippen LogP contribution in [-0.2, 0) is 17.8 Å². The maximum atomic E-state index is 12.4. The molecule has 0 aliphatic carbocycles. The molecule has 3 aromatic rings. The van der Waals surface area contributed by atoms with Crippen LogP contribution >= 0.6 is 43.5 Å². The molecular weight excluding hydrogens is 568 g/mol. The topological polar surface area (TPSA) is 62.1 Å². The molecule has 0 spiro atoms. The zero-order chi connectivity index (χ0) is 23.6. The monoisotopic (exact) mass is 586 g/mol. The van der Waals surface area contributed by atoms with Crippen molar-refractivity contribution in [1.29, 1.82) is 5.26 Å². The SMILES string of the molecule is N#C/C(=C/c1cc(Cl)c(OCc2ccc(Br)cc2)c(Br)c1)C(=O)NCCCc1ccccc1. The molecule has 0 fully saturated rings. The van der Waals surface area contributed by atoms with Crippen molar-refractivity contribution in [3.8, 4) is 11.8 Å². The molecule has 0 bridgehead atoms. The van der Waals surface area contributed by atoms with E-state index in [1.165, 1.54) is 11.6 Å². The minimum Gasteiger partial charge on any atom is -0.486 e. The highest BCUT2D eigenvalue weighted by atomic mass is 79.9. The van der Waals surface area contributed by atoms with Crippen LogP contribution in [0.4, 0.5) is 0 Å². The van der Waals surface area contributed by atoms with Crippen molar-refractivity contribution in [2.45, 2.75) is 19.4 Å². The second-order valence-corrected chi connectivity index (χ2v) is 9.42. The highest BCUT2D eigenvalue weighted by Gasteiger charge is 2.12. The lowest BCUT2D eigenvalue weighted by molar-refractivity contribution is -0.117. The van der Waals surface area contributed by atoms with E-state index in [1.807, 2.05) is 48.5 Å². The highest BCUT2D eigenvalue weighted by Crippen LogP contribution is 2.35. The quantitative estimate of drug-likeness (QED) is 0.165. The minimum atomic E-state index is -0.409. The van der Waals surface area contributed by atoms with E-state index in [-0.39, 0.29) is 5.57 Å². The molecule has 0 aliphatic heterocycles. The lowest BCUT2D eigenvalue weighted by atomic mass is 10.1. The second-order valence-electron chi connectivity index (χ2n) is 7.24. The molecule has 0 atom stereocenters. The van der Waals surface area contributed by atoms with Crippen LogP contribution in [0, 0.1) is 11.3 Å². The molecule has 0 heterocycles. The van der Waals surface area contributed by atoms with Gasteiger partial charge in [0.25, 0.3) is 5.91 Å². The first-order valence-corrected chi connectivity index (χ1v) is 12.2. The van der Waals surface area contributed by atoms with Crippen molar-refractivity contribution in [2.75, 3.05) is 6.54 Å². The lowest BCUT2D eigenvalue weighted by Gasteiger charge is -2.11. The zero-order valence-corrected chi connectivity index (χ0v) is 21.6. The first-order chi connectivity index (χ1) is 16.0. The van der Waals surface area contributed by atoms with Gasteiger partial charge in [0, 0.05) is 11.0 Å². The standard InChI is InChI=1S/C26H21Br2ClN2O2/c27-22-10-8-19(9-11-22)17-33-25-23(28)14-20(15-24(25)29)13-21(16-30)26(32)31-12-4-7-18-5-2-1-3-6-18/h1-3,5-6,8-11,13-15H,4,7,12,17H2,(H,31,32)/b21-13-. The normalized spacial score (nSPS) is 11.0. The predicted octanol–water partition coefficient (Wildman–Crippen LogP) is 7.10. The maximum Gasteiger partial charge on any atom is 0.261 e. The number of ether oxygens (including phenoxy) is 1. The van der Waals surface area contributed by atoms with E-state index in [9.17, 15) is 10.1 Å². The third-order valence-corrected chi connectivity index (χ3v) is 6.16. The largest absolute Gasteiger partial charge is 0.486 e. The Bertz CT molecular complexity index is 1150. The van der Waals surface area contributed by atoms with Crippen molar-refractivity contribution in [3.63, 3.8) is 0 Å². The van der Waals surface area contributed by atoms with E-state index in [2.05, 4.69) is 49.3 Å². The smallest absolute Gasteiger partial charge is 0.261 e. The van der Waals surface area contributed by atoms with Gasteiger partial charge in [-0.25, -0.2) is 0 Å². The summed E-state index contributed by atoms with van der Waals surface area (Å²) in [5.74, 6) is 0.0916. The molecule has 0 aromatic heterocycles. The van der Waals surface area contributed by atoms with Crippen molar-refractivity contribution in [1.82, 2.24) is 5.32 Å². The van der Waals surface area contributed by atoms with E-state index in [4.69, 9.17) is 16.3 Å².